The first-order chi connectivity index (χ1) is 21.5. The molecule has 1 fully saturated rings. The number of ether oxygens (including phenoxy) is 2. The summed E-state index contributed by atoms with van der Waals surface area (Å²) >= 11 is 6.11. The predicted molar refractivity (Wildman–Crippen MR) is 179 cm³/mol. The number of aromatic nitrogens is 3. The van der Waals surface area contributed by atoms with Crippen molar-refractivity contribution in [1.82, 2.24) is 14.5 Å². The molecule has 0 radical (unpaired) electrons. The number of nitrogens with one attached hydrogen (secondary N) is 1. The molecule has 0 saturated heterocycles. The Morgan fingerprint density at radius 2 is 1.48 bits per heavy atom. The van der Waals surface area contributed by atoms with E-state index < -0.39 is 0 Å². The van der Waals surface area contributed by atoms with E-state index in [2.05, 4.69) is 41.4 Å². The number of hydrogen-bond acceptors (Lipinski definition) is 7. The Morgan fingerprint density at radius 1 is 0.886 bits per heavy atom. The van der Waals surface area contributed by atoms with Crippen LogP contribution in [0.5, 0.6) is 11.5 Å². The molecule has 2 heterocycles. The fourth-order valence-corrected chi connectivity index (χ4v) is 6.22. The van der Waals surface area contributed by atoms with Crippen molar-refractivity contribution in [1.29, 1.82) is 0 Å². The molecule has 0 spiro atoms. The zero-order valence-electron chi connectivity index (χ0n) is 26.1. The smallest absolute Gasteiger partial charge is 0.263 e. The quantitative estimate of drug-likeness (QED) is 0.118. The highest BCUT2D eigenvalue weighted by molar-refractivity contribution is 6.18. The molecule has 5 rings (SSSR count). The number of anilines is 2. The monoisotopic (exact) mass is 617 g/mol. The van der Waals surface area contributed by atoms with Gasteiger partial charge in [-0.15, -0.1) is 11.6 Å². The van der Waals surface area contributed by atoms with Crippen molar-refractivity contribution in [2.45, 2.75) is 65.1 Å². The summed E-state index contributed by atoms with van der Waals surface area (Å²) < 4.78 is 12.6. The van der Waals surface area contributed by atoms with Gasteiger partial charge in [0.15, 0.2) is 0 Å². The van der Waals surface area contributed by atoms with Crippen LogP contribution in [-0.4, -0.2) is 41.2 Å². The molecule has 8 nitrogen and oxygen atoms in total. The fourth-order valence-electron chi connectivity index (χ4n) is 5.91. The highest BCUT2D eigenvalue weighted by Crippen LogP contribution is 2.31. The normalized spacial score (nSPS) is 16.5. The minimum absolute atomic E-state index is 0.0376. The summed E-state index contributed by atoms with van der Waals surface area (Å²) in [6.07, 6.45) is 8.39. The van der Waals surface area contributed by atoms with Crippen LogP contribution in [0, 0.1) is 11.8 Å². The molecule has 0 aliphatic heterocycles. The van der Waals surface area contributed by atoms with Gasteiger partial charge in [-0.05, 0) is 85.4 Å². The number of methoxy groups -OCH3 is 2. The average Bonchev–Trinajstić information content (AvgIpc) is 3.06. The number of alkyl halides is 1. The summed E-state index contributed by atoms with van der Waals surface area (Å²) in [4.78, 5) is 26.1. The second kappa shape index (κ2) is 15.3. The molecule has 0 bridgehead atoms. The van der Waals surface area contributed by atoms with Gasteiger partial charge in [-0.2, -0.15) is 4.98 Å². The molecular weight excluding hydrogens is 574 g/mol. The van der Waals surface area contributed by atoms with Gasteiger partial charge in [0.25, 0.3) is 5.56 Å². The predicted octanol–water partition coefficient (Wildman–Crippen LogP) is 7.27. The second-order valence-corrected chi connectivity index (χ2v) is 12.1. The van der Waals surface area contributed by atoms with Crippen molar-refractivity contribution in [3.63, 3.8) is 0 Å². The zero-order chi connectivity index (χ0) is 30.9. The summed E-state index contributed by atoms with van der Waals surface area (Å²) in [6, 6.07) is 18.0. The molecule has 4 aromatic rings. The van der Waals surface area contributed by atoms with Crippen molar-refractivity contribution >= 4 is 34.3 Å². The highest BCUT2D eigenvalue weighted by Gasteiger charge is 2.23. The van der Waals surface area contributed by atoms with E-state index in [1.807, 2.05) is 41.1 Å². The van der Waals surface area contributed by atoms with Gasteiger partial charge < -0.3 is 24.3 Å². The van der Waals surface area contributed by atoms with E-state index in [1.54, 1.807) is 14.2 Å². The van der Waals surface area contributed by atoms with Gasteiger partial charge in [-0.1, -0.05) is 37.6 Å². The molecule has 1 aliphatic rings. The standard InChI is InChI=1S/C35H44ClN5O3/c1-4-5-19-37-33-32-31(18-20-40(34(32)42)22-26-8-6-25(21-36)7-9-26)38-35(39-33)41(23-27-10-14-29(43-2)15-11-27)24-28-12-16-30(44-3)17-13-28/h10-18,20,25-26H,4-9,19,21-24H2,1-3H3,(H,37,38,39). The van der Waals surface area contributed by atoms with Crippen LogP contribution in [0.15, 0.2) is 65.6 Å². The van der Waals surface area contributed by atoms with Gasteiger partial charge >= 0.3 is 0 Å². The number of hydrogen-bond donors (Lipinski definition) is 1. The van der Waals surface area contributed by atoms with Crippen molar-refractivity contribution in [2.24, 2.45) is 11.8 Å². The van der Waals surface area contributed by atoms with Crippen LogP contribution in [0.2, 0.25) is 0 Å². The highest BCUT2D eigenvalue weighted by atomic mass is 35.5. The Bertz CT molecular complexity index is 1500. The lowest BCUT2D eigenvalue weighted by atomic mass is 9.83. The Morgan fingerprint density at radius 3 is 2.02 bits per heavy atom. The number of nitrogens with zero attached hydrogens (tertiary/aromatic N) is 4. The van der Waals surface area contributed by atoms with Crippen LogP contribution in [0.1, 0.15) is 56.6 Å². The van der Waals surface area contributed by atoms with E-state index in [4.69, 9.17) is 31.0 Å². The first kappa shape index (κ1) is 31.6. The molecule has 44 heavy (non-hydrogen) atoms. The molecule has 234 valence electrons. The van der Waals surface area contributed by atoms with Gasteiger partial charge in [0.1, 0.15) is 22.7 Å². The van der Waals surface area contributed by atoms with Crippen LogP contribution in [0.25, 0.3) is 10.9 Å². The van der Waals surface area contributed by atoms with Gasteiger partial charge in [0.05, 0.1) is 19.7 Å². The molecular formula is C35H44ClN5O3. The number of pyridine rings is 1. The Hall–Kier alpha value is -3.78. The fraction of sp³-hybridized carbons (Fsp3) is 0.457. The zero-order valence-corrected chi connectivity index (χ0v) is 26.9. The van der Waals surface area contributed by atoms with Gasteiger partial charge in [0, 0.05) is 38.3 Å². The van der Waals surface area contributed by atoms with Crippen LogP contribution in [0.4, 0.5) is 11.8 Å². The number of rotatable bonds is 14. The Labute approximate surface area is 265 Å². The van der Waals surface area contributed by atoms with Crippen LogP contribution in [-0.2, 0) is 19.6 Å². The number of fused-ring (bicyclic) bond motifs is 1. The van der Waals surface area contributed by atoms with Gasteiger partial charge in [0.2, 0.25) is 5.95 Å². The number of unbranched alkanes of at least 4 members (excludes halogenated alkanes) is 1. The summed E-state index contributed by atoms with van der Waals surface area (Å²) in [5.74, 6) is 4.58. The molecule has 2 aromatic heterocycles. The summed E-state index contributed by atoms with van der Waals surface area (Å²) in [6.45, 7) is 4.76. The van der Waals surface area contributed by atoms with E-state index in [0.717, 1.165) is 73.6 Å². The van der Waals surface area contributed by atoms with Crippen LogP contribution >= 0.6 is 11.6 Å². The maximum atomic E-state index is 13.9. The van der Waals surface area contributed by atoms with Gasteiger partial charge in [-0.25, -0.2) is 4.98 Å². The van der Waals surface area contributed by atoms with Crippen molar-refractivity contribution in [2.75, 3.05) is 36.9 Å². The van der Waals surface area contributed by atoms with Crippen molar-refractivity contribution in [3.8, 4) is 11.5 Å². The largest absolute Gasteiger partial charge is 0.497 e. The van der Waals surface area contributed by atoms with E-state index >= 15 is 0 Å². The number of benzene rings is 2. The topological polar surface area (TPSA) is 81.5 Å². The first-order valence-corrected chi connectivity index (χ1v) is 16.3. The summed E-state index contributed by atoms with van der Waals surface area (Å²) in [7, 11) is 3.34. The molecule has 1 saturated carbocycles. The Balaban J connectivity index is 1.51. The lowest BCUT2D eigenvalue weighted by Gasteiger charge is -2.28. The lowest BCUT2D eigenvalue weighted by Crippen LogP contribution is -2.28. The third kappa shape index (κ3) is 7.83. The third-order valence-electron chi connectivity index (χ3n) is 8.62. The minimum atomic E-state index is -0.0376. The van der Waals surface area contributed by atoms with Crippen LogP contribution < -0.4 is 25.2 Å². The maximum absolute atomic E-state index is 13.9. The average molecular weight is 618 g/mol. The lowest BCUT2D eigenvalue weighted by molar-refractivity contribution is 0.265. The summed E-state index contributed by atoms with van der Waals surface area (Å²) in [5, 5.41) is 4.04. The van der Waals surface area contributed by atoms with E-state index in [9.17, 15) is 4.79 Å². The Kier molecular flexibility index (Phi) is 11.0. The molecule has 1 N–H and O–H groups in total. The molecule has 2 aromatic carbocycles. The summed E-state index contributed by atoms with van der Waals surface area (Å²) in [5.41, 5.74) is 2.81. The van der Waals surface area contributed by atoms with E-state index in [-0.39, 0.29) is 5.56 Å². The molecule has 1 aliphatic carbocycles. The van der Waals surface area contributed by atoms with Crippen LogP contribution in [0.3, 0.4) is 0 Å². The van der Waals surface area contributed by atoms with E-state index in [0.29, 0.717) is 54.1 Å². The number of halogens is 1. The van der Waals surface area contributed by atoms with E-state index in [1.165, 1.54) is 0 Å². The maximum Gasteiger partial charge on any atom is 0.263 e. The first-order valence-electron chi connectivity index (χ1n) is 15.7. The van der Waals surface area contributed by atoms with Crippen molar-refractivity contribution < 1.29 is 9.47 Å². The molecule has 0 amide bonds. The minimum Gasteiger partial charge on any atom is -0.497 e. The van der Waals surface area contributed by atoms with Crippen molar-refractivity contribution in [3.05, 3.63) is 82.3 Å². The SMILES string of the molecule is CCCCNc1nc(N(Cc2ccc(OC)cc2)Cc2ccc(OC)cc2)nc2ccn(CC3CCC(CCl)CC3)c(=O)c12. The second-order valence-electron chi connectivity index (χ2n) is 11.8. The van der Waals surface area contributed by atoms with Gasteiger partial charge in [-0.3, -0.25) is 4.79 Å². The third-order valence-corrected chi connectivity index (χ3v) is 9.06. The molecule has 9 heteroatoms. The molecule has 0 atom stereocenters. The molecule has 0 unspecified atom stereocenters.